The van der Waals surface area contributed by atoms with E-state index in [0.29, 0.717) is 48.6 Å². The summed E-state index contributed by atoms with van der Waals surface area (Å²) in [6.07, 6.45) is 3.20. The van der Waals surface area contributed by atoms with Crippen LogP contribution < -0.4 is 15.4 Å². The summed E-state index contributed by atoms with van der Waals surface area (Å²) in [5.41, 5.74) is 3.19. The molecule has 186 valence electrons. The molecule has 4 saturated heterocycles. The van der Waals surface area contributed by atoms with Gasteiger partial charge in [0.2, 0.25) is 5.91 Å². The fraction of sp³-hybridized carbons (Fsp3) is 0.731. The van der Waals surface area contributed by atoms with Crippen molar-refractivity contribution in [2.45, 2.75) is 61.9 Å². The van der Waals surface area contributed by atoms with Crippen molar-refractivity contribution < 1.29 is 24.1 Å². The Morgan fingerprint density at radius 2 is 2.21 bits per heavy atom. The Balaban J connectivity index is 1.33. The second-order valence-electron chi connectivity index (χ2n) is 10.9. The van der Waals surface area contributed by atoms with Crippen molar-refractivity contribution in [3.8, 4) is 5.75 Å². The molecule has 2 bridgehead atoms. The highest BCUT2D eigenvalue weighted by Crippen LogP contribution is 2.59. The van der Waals surface area contributed by atoms with E-state index in [1.54, 1.807) is 14.2 Å². The van der Waals surface area contributed by atoms with Gasteiger partial charge in [0.25, 0.3) is 0 Å². The number of hydrogen-bond donors (Lipinski definition) is 3. The average molecular weight is 472 g/mol. The van der Waals surface area contributed by atoms with Crippen molar-refractivity contribution in [3.63, 3.8) is 0 Å². The lowest BCUT2D eigenvalue weighted by atomic mass is 9.63. The summed E-state index contributed by atoms with van der Waals surface area (Å²) in [6, 6.07) is 4.47. The number of likely N-dealkylation sites (N-methyl/N-ethyl adjacent to an activating group) is 1. The molecule has 4 fully saturated rings. The molecule has 3 N–H and O–H groups in total. The summed E-state index contributed by atoms with van der Waals surface area (Å²) in [5, 5.41) is 16.5. The highest BCUT2D eigenvalue weighted by atomic mass is 16.5. The number of nitrogens with zero attached hydrogens (tertiary/aromatic N) is 1. The summed E-state index contributed by atoms with van der Waals surface area (Å²) in [7, 11) is 5.76. The van der Waals surface area contributed by atoms with Gasteiger partial charge in [-0.15, -0.1) is 0 Å². The lowest BCUT2D eigenvalue weighted by Gasteiger charge is -2.49. The maximum Gasteiger partial charge on any atom is 0.244 e. The Morgan fingerprint density at radius 1 is 1.35 bits per heavy atom. The van der Waals surface area contributed by atoms with E-state index in [0.717, 1.165) is 38.2 Å². The first-order valence-electron chi connectivity index (χ1n) is 12.8. The number of aliphatic hydroxyl groups is 1. The third-order valence-corrected chi connectivity index (χ3v) is 9.31. The monoisotopic (exact) mass is 471 g/mol. The molecule has 3 unspecified atom stereocenters. The van der Waals surface area contributed by atoms with Crippen LogP contribution in [0.4, 0.5) is 5.69 Å². The van der Waals surface area contributed by atoms with Crippen LogP contribution in [0.1, 0.15) is 36.3 Å². The largest absolute Gasteiger partial charge is 0.494 e. The number of piperidine rings is 2. The minimum absolute atomic E-state index is 0.209. The molecule has 9 atom stereocenters. The summed E-state index contributed by atoms with van der Waals surface area (Å²) in [5.74, 6) is 2.34. The van der Waals surface area contributed by atoms with Gasteiger partial charge in [-0.1, -0.05) is 6.07 Å². The third kappa shape index (κ3) is 3.33. The van der Waals surface area contributed by atoms with E-state index in [4.69, 9.17) is 14.2 Å². The topological polar surface area (TPSA) is 92.3 Å². The number of carbonyl (C=O) groups excluding carboxylic acids is 1. The number of ether oxygens (including phenoxy) is 3. The van der Waals surface area contributed by atoms with E-state index in [1.165, 1.54) is 11.1 Å². The van der Waals surface area contributed by atoms with E-state index in [-0.39, 0.29) is 17.9 Å². The summed E-state index contributed by atoms with van der Waals surface area (Å²) < 4.78 is 18.1. The highest BCUT2D eigenvalue weighted by Gasteiger charge is 2.62. The van der Waals surface area contributed by atoms with Crippen molar-refractivity contribution in [2.75, 3.05) is 46.3 Å². The van der Waals surface area contributed by atoms with Crippen LogP contribution in [-0.2, 0) is 20.7 Å². The quantitative estimate of drug-likeness (QED) is 0.597. The van der Waals surface area contributed by atoms with Gasteiger partial charge in [0.15, 0.2) is 0 Å². The molecule has 0 spiro atoms. The van der Waals surface area contributed by atoms with E-state index in [9.17, 15) is 9.90 Å². The molecular formula is C26H37N3O5. The average Bonchev–Trinajstić information content (AvgIpc) is 3.36. The van der Waals surface area contributed by atoms with Crippen LogP contribution >= 0.6 is 0 Å². The van der Waals surface area contributed by atoms with Crippen molar-refractivity contribution in [1.82, 2.24) is 10.2 Å². The molecule has 34 heavy (non-hydrogen) atoms. The number of hydrogen-bond acceptors (Lipinski definition) is 7. The second kappa shape index (κ2) is 8.75. The molecule has 1 aromatic carbocycles. The molecule has 0 saturated carbocycles. The van der Waals surface area contributed by atoms with Crippen LogP contribution in [0.2, 0.25) is 0 Å². The number of fused-ring (bicyclic) bond motifs is 6. The maximum absolute atomic E-state index is 13.0. The standard InChI is InChI=1S/C26H37N3O5/c1-29-18-10-14(11-32-2)23(29)15-9-13-6-7-17(28-26(31)22-19(30)5-4-8-27-22)24(33-3)20(13)16-12-34-25(18)21(15)16/h6-7,14-16,18-19,21-23,25,27,30H,4-5,8-12H2,1-3H3,(H,28,31)/t14-,15?,16?,18+,19-,21?,22+,23-,25-/m1/s1. The Labute approximate surface area is 201 Å². The van der Waals surface area contributed by atoms with Crippen molar-refractivity contribution >= 4 is 11.6 Å². The first-order valence-corrected chi connectivity index (χ1v) is 12.8. The highest BCUT2D eigenvalue weighted by molar-refractivity contribution is 5.97. The van der Waals surface area contributed by atoms with Gasteiger partial charge in [-0.2, -0.15) is 0 Å². The fourth-order valence-corrected chi connectivity index (χ4v) is 8.05. The zero-order valence-electron chi connectivity index (χ0n) is 20.3. The molecule has 0 aromatic heterocycles. The Kier molecular flexibility index (Phi) is 5.85. The number of nitrogens with one attached hydrogen (secondary N) is 2. The molecular weight excluding hydrogens is 434 g/mol. The van der Waals surface area contributed by atoms with Gasteiger partial charge in [0, 0.05) is 36.6 Å². The maximum atomic E-state index is 13.0. The fourth-order valence-electron chi connectivity index (χ4n) is 8.05. The van der Waals surface area contributed by atoms with Gasteiger partial charge < -0.3 is 30.0 Å². The van der Waals surface area contributed by atoms with Crippen LogP contribution in [0.25, 0.3) is 0 Å². The Morgan fingerprint density at radius 3 is 2.97 bits per heavy atom. The van der Waals surface area contributed by atoms with Crippen molar-refractivity contribution in [2.24, 2.45) is 17.8 Å². The Hall–Kier alpha value is -1.71. The van der Waals surface area contributed by atoms with Gasteiger partial charge in [-0.25, -0.2) is 0 Å². The first-order chi connectivity index (χ1) is 16.5. The molecule has 1 aromatic rings. The molecule has 0 radical (unpaired) electrons. The number of benzene rings is 1. The van der Waals surface area contributed by atoms with E-state index in [1.807, 2.05) is 6.07 Å². The summed E-state index contributed by atoms with van der Waals surface area (Å²) in [4.78, 5) is 15.6. The molecule has 1 aliphatic carbocycles. The summed E-state index contributed by atoms with van der Waals surface area (Å²) >= 11 is 0. The normalized spacial score (nSPS) is 40.5. The molecule has 8 nitrogen and oxygen atoms in total. The van der Waals surface area contributed by atoms with E-state index >= 15 is 0 Å². The predicted molar refractivity (Wildman–Crippen MR) is 127 cm³/mol. The minimum Gasteiger partial charge on any atom is -0.494 e. The molecule has 1 amide bonds. The van der Waals surface area contributed by atoms with Gasteiger partial charge in [0.1, 0.15) is 11.8 Å². The number of methoxy groups -OCH3 is 2. The van der Waals surface area contributed by atoms with Crippen molar-refractivity contribution in [3.05, 3.63) is 23.3 Å². The van der Waals surface area contributed by atoms with Gasteiger partial charge in [-0.05, 0) is 62.7 Å². The number of aliphatic hydroxyl groups excluding tert-OH is 1. The number of anilines is 1. The lowest BCUT2D eigenvalue weighted by Crippen LogP contribution is -2.57. The summed E-state index contributed by atoms with van der Waals surface area (Å²) in [6.45, 7) is 2.23. The Bertz CT molecular complexity index is 957. The number of amides is 1. The van der Waals surface area contributed by atoms with Crippen LogP contribution in [0, 0.1) is 17.8 Å². The molecule has 8 heteroatoms. The van der Waals surface area contributed by atoms with Gasteiger partial charge in [-0.3, -0.25) is 9.69 Å². The SMILES string of the molecule is COC[C@H]1C[C@H]2[C@H]3OCC4c5c(ccc(NC(=O)[C@H]6NCCC[C@H]6O)c5OC)CC(C43)[C@@H]1N2C. The molecule has 5 aliphatic rings. The lowest BCUT2D eigenvalue weighted by molar-refractivity contribution is -0.121. The van der Waals surface area contributed by atoms with Gasteiger partial charge >= 0.3 is 0 Å². The third-order valence-electron chi connectivity index (χ3n) is 9.31. The van der Waals surface area contributed by atoms with Crippen molar-refractivity contribution in [1.29, 1.82) is 0 Å². The van der Waals surface area contributed by atoms with Gasteiger partial charge in [0.05, 0.1) is 38.2 Å². The smallest absolute Gasteiger partial charge is 0.244 e. The first kappa shape index (κ1) is 22.7. The zero-order chi connectivity index (χ0) is 23.6. The molecule has 4 heterocycles. The second-order valence-corrected chi connectivity index (χ2v) is 10.9. The zero-order valence-corrected chi connectivity index (χ0v) is 20.3. The molecule has 6 rings (SSSR count). The van der Waals surface area contributed by atoms with Crippen LogP contribution in [0.3, 0.4) is 0 Å². The van der Waals surface area contributed by atoms with Crippen LogP contribution in [0.5, 0.6) is 5.75 Å². The number of carbonyl (C=O) groups is 1. The minimum atomic E-state index is -0.670. The number of rotatable bonds is 5. The predicted octanol–water partition coefficient (Wildman–Crippen LogP) is 1.37. The molecule has 4 aliphatic heterocycles. The van der Waals surface area contributed by atoms with E-state index in [2.05, 4.69) is 28.6 Å². The van der Waals surface area contributed by atoms with E-state index < -0.39 is 12.1 Å². The van der Waals surface area contributed by atoms with Crippen LogP contribution in [0.15, 0.2) is 12.1 Å². The van der Waals surface area contributed by atoms with Crippen LogP contribution in [-0.4, -0.2) is 87.3 Å².